The number of hydrogen-bond donors (Lipinski definition) is 2. The number of thiazole rings is 1. The molecular formula is C12H10F2N2O2S. The number of aromatic nitrogens is 1. The van der Waals surface area contributed by atoms with Crippen molar-refractivity contribution in [3.05, 3.63) is 51.5 Å². The SMILES string of the molecule is NC(C(=O)O)c1csc(Cc2cc(F)cc(F)c2)n1. The van der Waals surface area contributed by atoms with Crippen LogP contribution in [0.15, 0.2) is 23.6 Å². The van der Waals surface area contributed by atoms with Crippen LogP contribution in [0.3, 0.4) is 0 Å². The van der Waals surface area contributed by atoms with E-state index in [-0.39, 0.29) is 12.1 Å². The van der Waals surface area contributed by atoms with Crippen LogP contribution in [-0.2, 0) is 11.2 Å². The number of aliphatic carboxylic acids is 1. The summed E-state index contributed by atoms with van der Waals surface area (Å²) in [5.74, 6) is -2.49. The summed E-state index contributed by atoms with van der Waals surface area (Å²) in [6.45, 7) is 0. The second-order valence-corrected chi connectivity index (χ2v) is 4.88. The lowest BCUT2D eigenvalue weighted by Gasteiger charge is -2.01. The van der Waals surface area contributed by atoms with Gasteiger partial charge in [-0.15, -0.1) is 11.3 Å². The average molecular weight is 284 g/mol. The number of hydrogen-bond acceptors (Lipinski definition) is 4. The minimum absolute atomic E-state index is 0.228. The van der Waals surface area contributed by atoms with Crippen molar-refractivity contribution in [3.8, 4) is 0 Å². The summed E-state index contributed by atoms with van der Waals surface area (Å²) in [7, 11) is 0. The highest BCUT2D eigenvalue weighted by Crippen LogP contribution is 2.19. The van der Waals surface area contributed by atoms with Crippen LogP contribution in [0.1, 0.15) is 22.3 Å². The van der Waals surface area contributed by atoms with Crippen molar-refractivity contribution in [2.75, 3.05) is 0 Å². The Bertz CT molecular complexity index is 595. The molecule has 2 rings (SSSR count). The molecule has 0 saturated carbocycles. The molecule has 0 bridgehead atoms. The molecular weight excluding hydrogens is 274 g/mol. The van der Waals surface area contributed by atoms with Gasteiger partial charge in [-0.05, 0) is 17.7 Å². The summed E-state index contributed by atoms with van der Waals surface area (Å²) < 4.78 is 26.0. The largest absolute Gasteiger partial charge is 0.480 e. The fourth-order valence-electron chi connectivity index (χ4n) is 1.56. The highest BCUT2D eigenvalue weighted by atomic mass is 32.1. The van der Waals surface area contributed by atoms with Crippen molar-refractivity contribution >= 4 is 17.3 Å². The van der Waals surface area contributed by atoms with Gasteiger partial charge in [0.2, 0.25) is 0 Å². The standard InChI is InChI=1S/C12H10F2N2O2S/c13-7-1-6(2-8(14)4-7)3-10-16-9(5-19-10)11(15)12(17)18/h1-2,4-5,11H,3,15H2,(H,17,18). The normalized spacial score (nSPS) is 12.4. The molecule has 1 aromatic heterocycles. The van der Waals surface area contributed by atoms with E-state index in [4.69, 9.17) is 10.8 Å². The summed E-state index contributed by atoms with van der Waals surface area (Å²) in [5.41, 5.74) is 6.09. The van der Waals surface area contributed by atoms with Crippen LogP contribution in [0, 0.1) is 11.6 Å². The van der Waals surface area contributed by atoms with Crippen LogP contribution in [-0.4, -0.2) is 16.1 Å². The maximum atomic E-state index is 13.0. The van der Waals surface area contributed by atoms with Crippen LogP contribution in [0.5, 0.6) is 0 Å². The van der Waals surface area contributed by atoms with Crippen LogP contribution >= 0.6 is 11.3 Å². The molecule has 1 heterocycles. The lowest BCUT2D eigenvalue weighted by atomic mass is 10.1. The predicted molar refractivity (Wildman–Crippen MR) is 65.8 cm³/mol. The molecule has 100 valence electrons. The molecule has 0 aliphatic rings. The number of carboxylic acid groups (broad SMARTS) is 1. The van der Waals surface area contributed by atoms with E-state index in [1.54, 1.807) is 0 Å². The van der Waals surface area contributed by atoms with Gasteiger partial charge in [-0.2, -0.15) is 0 Å². The second kappa shape index (κ2) is 5.41. The molecule has 19 heavy (non-hydrogen) atoms. The molecule has 0 aliphatic carbocycles. The van der Waals surface area contributed by atoms with Gasteiger partial charge in [0.05, 0.1) is 10.7 Å². The number of carbonyl (C=O) groups is 1. The predicted octanol–water partition coefficient (Wildman–Crippen LogP) is 2.10. The quantitative estimate of drug-likeness (QED) is 0.901. The first-order valence-electron chi connectivity index (χ1n) is 5.33. The Labute approximate surface area is 111 Å². The third kappa shape index (κ3) is 3.33. The van der Waals surface area contributed by atoms with E-state index in [0.29, 0.717) is 10.6 Å². The fourth-order valence-corrected chi connectivity index (χ4v) is 2.43. The molecule has 4 nitrogen and oxygen atoms in total. The van der Waals surface area contributed by atoms with E-state index in [2.05, 4.69) is 4.98 Å². The Morgan fingerprint density at radius 2 is 2.00 bits per heavy atom. The first kappa shape index (κ1) is 13.6. The van der Waals surface area contributed by atoms with Crippen molar-refractivity contribution in [2.45, 2.75) is 12.5 Å². The molecule has 0 spiro atoms. The van der Waals surface area contributed by atoms with Gasteiger partial charge in [0.25, 0.3) is 0 Å². The molecule has 3 N–H and O–H groups in total. The number of carboxylic acids is 1. The third-order valence-corrected chi connectivity index (χ3v) is 3.30. The van der Waals surface area contributed by atoms with E-state index < -0.39 is 23.6 Å². The second-order valence-electron chi connectivity index (χ2n) is 3.94. The molecule has 0 saturated heterocycles. The molecule has 1 aromatic carbocycles. The van der Waals surface area contributed by atoms with Crippen molar-refractivity contribution in [3.63, 3.8) is 0 Å². The fraction of sp³-hybridized carbons (Fsp3) is 0.167. The molecule has 7 heteroatoms. The number of benzene rings is 1. The lowest BCUT2D eigenvalue weighted by Crippen LogP contribution is -2.20. The minimum atomic E-state index is -1.19. The van der Waals surface area contributed by atoms with Gasteiger partial charge < -0.3 is 10.8 Å². The van der Waals surface area contributed by atoms with Crippen LogP contribution in [0.25, 0.3) is 0 Å². The van der Waals surface area contributed by atoms with E-state index in [1.165, 1.54) is 28.8 Å². The summed E-state index contributed by atoms with van der Waals surface area (Å²) in [6.07, 6.45) is 0.228. The van der Waals surface area contributed by atoms with Gasteiger partial charge in [0.1, 0.15) is 17.7 Å². The third-order valence-electron chi connectivity index (χ3n) is 2.43. The Morgan fingerprint density at radius 1 is 1.37 bits per heavy atom. The van der Waals surface area contributed by atoms with Gasteiger partial charge in [0.15, 0.2) is 0 Å². The van der Waals surface area contributed by atoms with Crippen molar-refractivity contribution in [2.24, 2.45) is 5.73 Å². The molecule has 0 fully saturated rings. The zero-order valence-corrected chi connectivity index (χ0v) is 10.5. The Balaban J connectivity index is 2.18. The van der Waals surface area contributed by atoms with Gasteiger partial charge in [-0.3, -0.25) is 4.79 Å². The maximum absolute atomic E-state index is 13.0. The highest BCUT2D eigenvalue weighted by molar-refractivity contribution is 7.09. The lowest BCUT2D eigenvalue weighted by molar-refractivity contribution is -0.138. The van der Waals surface area contributed by atoms with Gasteiger partial charge >= 0.3 is 5.97 Å². The van der Waals surface area contributed by atoms with Crippen molar-refractivity contribution < 1.29 is 18.7 Å². The van der Waals surface area contributed by atoms with Crippen molar-refractivity contribution in [1.29, 1.82) is 0 Å². The minimum Gasteiger partial charge on any atom is -0.480 e. The van der Waals surface area contributed by atoms with Crippen LogP contribution < -0.4 is 5.73 Å². The summed E-state index contributed by atoms with van der Waals surface area (Å²) >= 11 is 1.20. The highest BCUT2D eigenvalue weighted by Gasteiger charge is 2.17. The molecule has 0 amide bonds. The van der Waals surface area contributed by atoms with Gasteiger partial charge in [-0.1, -0.05) is 0 Å². The van der Waals surface area contributed by atoms with Gasteiger partial charge in [-0.25, -0.2) is 13.8 Å². The average Bonchev–Trinajstić information content (AvgIpc) is 2.74. The Kier molecular flexibility index (Phi) is 3.87. The monoisotopic (exact) mass is 284 g/mol. The molecule has 1 unspecified atom stereocenters. The Morgan fingerprint density at radius 3 is 2.58 bits per heavy atom. The zero-order chi connectivity index (χ0) is 14.0. The Hall–Kier alpha value is -1.86. The topological polar surface area (TPSA) is 76.2 Å². The van der Waals surface area contributed by atoms with Gasteiger partial charge in [0, 0.05) is 17.9 Å². The molecule has 2 aromatic rings. The first-order valence-corrected chi connectivity index (χ1v) is 6.21. The summed E-state index contributed by atoms with van der Waals surface area (Å²) in [6, 6.07) is 2.02. The molecule has 1 atom stereocenters. The van der Waals surface area contributed by atoms with E-state index in [1.807, 2.05) is 0 Å². The first-order chi connectivity index (χ1) is 8.95. The number of nitrogens with two attached hydrogens (primary N) is 1. The van der Waals surface area contributed by atoms with E-state index in [0.717, 1.165) is 6.07 Å². The van der Waals surface area contributed by atoms with Crippen LogP contribution in [0.4, 0.5) is 8.78 Å². The molecule has 0 aliphatic heterocycles. The maximum Gasteiger partial charge on any atom is 0.326 e. The van der Waals surface area contributed by atoms with Crippen molar-refractivity contribution in [1.82, 2.24) is 4.98 Å². The van der Waals surface area contributed by atoms with E-state index >= 15 is 0 Å². The zero-order valence-electron chi connectivity index (χ0n) is 9.64. The van der Waals surface area contributed by atoms with Crippen LogP contribution in [0.2, 0.25) is 0 Å². The summed E-state index contributed by atoms with van der Waals surface area (Å²) in [5, 5.41) is 10.8. The number of nitrogens with zero attached hydrogens (tertiary/aromatic N) is 1. The smallest absolute Gasteiger partial charge is 0.326 e. The summed E-state index contributed by atoms with van der Waals surface area (Å²) in [4.78, 5) is 14.8. The van der Waals surface area contributed by atoms with E-state index in [9.17, 15) is 13.6 Å². The number of rotatable bonds is 4. The number of halogens is 2. The molecule has 0 radical (unpaired) electrons.